The van der Waals surface area contributed by atoms with Gasteiger partial charge in [0.05, 0.1) is 17.8 Å². The molecular weight excluding hydrogens is 397 g/mol. The first kappa shape index (κ1) is 20.1. The normalized spacial score (nSPS) is 10.2. The van der Waals surface area contributed by atoms with Crippen LogP contribution in [0.4, 0.5) is 33.2 Å². The van der Waals surface area contributed by atoms with Crippen LogP contribution in [0.5, 0.6) is 5.75 Å². The van der Waals surface area contributed by atoms with E-state index in [1.807, 2.05) is 0 Å². The van der Waals surface area contributed by atoms with Crippen molar-refractivity contribution >= 4 is 46.3 Å². The molecule has 0 unspecified atom stereocenters. The van der Waals surface area contributed by atoms with E-state index in [0.717, 1.165) is 0 Å². The van der Waals surface area contributed by atoms with Crippen LogP contribution in [0.2, 0.25) is 5.02 Å². The number of halogens is 2. The minimum Gasteiger partial charge on any atom is -0.495 e. The van der Waals surface area contributed by atoms with Gasteiger partial charge in [0, 0.05) is 17.6 Å². The Labute approximate surface area is 171 Å². The quantitative estimate of drug-likeness (QED) is 0.478. The molecule has 2 aromatic carbocycles. The van der Waals surface area contributed by atoms with E-state index < -0.39 is 5.82 Å². The number of carbonyl (C=O) groups is 1. The summed E-state index contributed by atoms with van der Waals surface area (Å²) >= 11 is 5.80. The van der Waals surface area contributed by atoms with Gasteiger partial charge in [-0.3, -0.25) is 4.79 Å². The monoisotopic (exact) mass is 413 g/mol. The maximum absolute atomic E-state index is 13.3. The van der Waals surface area contributed by atoms with Gasteiger partial charge in [-0.25, -0.2) is 9.37 Å². The van der Waals surface area contributed by atoms with Gasteiger partial charge in [-0.15, -0.1) is 0 Å². The maximum atomic E-state index is 13.3. The smallest absolute Gasteiger partial charge is 0.247 e. The summed E-state index contributed by atoms with van der Waals surface area (Å²) < 4.78 is 18.6. The van der Waals surface area contributed by atoms with Crippen LogP contribution < -0.4 is 20.7 Å². The molecule has 9 heteroatoms. The van der Waals surface area contributed by atoms with E-state index in [2.05, 4.69) is 32.5 Å². The molecule has 1 aromatic heterocycles. The second kappa shape index (κ2) is 9.03. The molecule has 29 heavy (non-hydrogen) atoms. The molecule has 0 aliphatic heterocycles. The van der Waals surface area contributed by atoms with E-state index in [0.29, 0.717) is 28.6 Å². The zero-order valence-electron chi connectivity index (χ0n) is 15.4. The standard InChI is InChI=1S/C20H17ClFN5O2/c1-3-19(28)25-13-5-7-17(29-2)16(11-13)26-20-23-9-8-18(27-20)24-12-4-6-15(22)14(21)10-12/h3-11H,1H2,2H3,(H,25,28)(H2,23,24,26,27). The first-order chi connectivity index (χ1) is 14.0. The molecule has 0 radical (unpaired) electrons. The molecule has 0 fully saturated rings. The molecule has 1 amide bonds. The Bertz CT molecular complexity index is 1060. The average Bonchev–Trinajstić information content (AvgIpc) is 2.71. The molecule has 0 saturated carbocycles. The Morgan fingerprint density at radius 2 is 1.97 bits per heavy atom. The van der Waals surface area contributed by atoms with Gasteiger partial charge in [0.15, 0.2) is 0 Å². The Kier molecular flexibility index (Phi) is 6.25. The molecule has 3 aromatic rings. The van der Waals surface area contributed by atoms with E-state index in [1.54, 1.807) is 36.5 Å². The highest BCUT2D eigenvalue weighted by Gasteiger charge is 2.09. The number of hydrogen-bond donors (Lipinski definition) is 3. The Morgan fingerprint density at radius 3 is 2.69 bits per heavy atom. The summed E-state index contributed by atoms with van der Waals surface area (Å²) in [6.45, 7) is 3.43. The van der Waals surface area contributed by atoms with Gasteiger partial charge in [0.1, 0.15) is 17.4 Å². The third kappa shape index (κ3) is 5.20. The van der Waals surface area contributed by atoms with Crippen molar-refractivity contribution in [3.05, 3.63) is 72.2 Å². The minimum absolute atomic E-state index is 0.00512. The molecule has 1 heterocycles. The highest BCUT2D eigenvalue weighted by molar-refractivity contribution is 6.31. The topological polar surface area (TPSA) is 88.2 Å². The van der Waals surface area contributed by atoms with Crippen molar-refractivity contribution in [2.75, 3.05) is 23.1 Å². The summed E-state index contributed by atoms with van der Waals surface area (Å²) in [5.41, 5.74) is 1.68. The van der Waals surface area contributed by atoms with Crippen LogP contribution in [0.25, 0.3) is 0 Å². The van der Waals surface area contributed by atoms with Crippen molar-refractivity contribution in [3.8, 4) is 5.75 Å². The SMILES string of the molecule is C=CC(=O)Nc1ccc(OC)c(Nc2nccc(Nc3ccc(F)c(Cl)c3)n2)c1. The van der Waals surface area contributed by atoms with E-state index in [1.165, 1.54) is 25.3 Å². The number of hydrogen-bond acceptors (Lipinski definition) is 6. The van der Waals surface area contributed by atoms with Crippen molar-refractivity contribution in [1.29, 1.82) is 0 Å². The molecule has 0 bridgehead atoms. The highest BCUT2D eigenvalue weighted by Crippen LogP contribution is 2.30. The van der Waals surface area contributed by atoms with E-state index >= 15 is 0 Å². The summed E-state index contributed by atoms with van der Waals surface area (Å²) in [4.78, 5) is 20.1. The van der Waals surface area contributed by atoms with Crippen molar-refractivity contribution in [1.82, 2.24) is 9.97 Å². The fourth-order valence-corrected chi connectivity index (χ4v) is 2.59. The van der Waals surface area contributed by atoms with Crippen LogP contribution >= 0.6 is 11.6 Å². The Morgan fingerprint density at radius 1 is 1.17 bits per heavy atom. The number of aromatic nitrogens is 2. The lowest BCUT2D eigenvalue weighted by molar-refractivity contribution is -0.111. The number of nitrogens with zero attached hydrogens (tertiary/aromatic N) is 2. The van der Waals surface area contributed by atoms with Gasteiger partial charge >= 0.3 is 0 Å². The molecular formula is C20H17ClFN5O2. The first-order valence-corrected chi connectivity index (χ1v) is 8.80. The van der Waals surface area contributed by atoms with Gasteiger partial charge in [-0.1, -0.05) is 18.2 Å². The highest BCUT2D eigenvalue weighted by atomic mass is 35.5. The van der Waals surface area contributed by atoms with Gasteiger partial charge in [-0.2, -0.15) is 4.98 Å². The van der Waals surface area contributed by atoms with Crippen LogP contribution in [0.3, 0.4) is 0 Å². The van der Waals surface area contributed by atoms with E-state index in [4.69, 9.17) is 16.3 Å². The molecule has 0 aliphatic carbocycles. The fourth-order valence-electron chi connectivity index (χ4n) is 2.41. The third-order valence-corrected chi connectivity index (χ3v) is 4.04. The lowest BCUT2D eigenvalue weighted by atomic mass is 10.2. The molecule has 0 saturated heterocycles. The number of anilines is 5. The lowest BCUT2D eigenvalue weighted by Gasteiger charge is -2.13. The number of rotatable bonds is 7. The Balaban J connectivity index is 1.82. The second-order valence-electron chi connectivity index (χ2n) is 5.75. The summed E-state index contributed by atoms with van der Waals surface area (Å²) in [5, 5.41) is 8.76. The number of ether oxygens (including phenoxy) is 1. The number of benzene rings is 2. The number of nitrogens with one attached hydrogen (secondary N) is 3. The zero-order valence-corrected chi connectivity index (χ0v) is 16.1. The summed E-state index contributed by atoms with van der Waals surface area (Å²) in [6.07, 6.45) is 2.73. The summed E-state index contributed by atoms with van der Waals surface area (Å²) in [7, 11) is 1.53. The maximum Gasteiger partial charge on any atom is 0.247 e. The summed E-state index contributed by atoms with van der Waals surface area (Å²) in [5.74, 6) is 0.460. The lowest BCUT2D eigenvalue weighted by Crippen LogP contribution is -2.08. The second-order valence-corrected chi connectivity index (χ2v) is 6.16. The number of amides is 1. The molecule has 7 nitrogen and oxygen atoms in total. The number of methoxy groups -OCH3 is 1. The van der Waals surface area contributed by atoms with E-state index in [9.17, 15) is 9.18 Å². The molecule has 0 atom stereocenters. The Hall–Kier alpha value is -3.65. The third-order valence-electron chi connectivity index (χ3n) is 3.75. The molecule has 3 rings (SSSR count). The molecule has 148 valence electrons. The van der Waals surface area contributed by atoms with Crippen LogP contribution in [-0.4, -0.2) is 23.0 Å². The predicted molar refractivity (Wildman–Crippen MR) is 112 cm³/mol. The van der Waals surface area contributed by atoms with Crippen LogP contribution in [-0.2, 0) is 4.79 Å². The summed E-state index contributed by atoms with van der Waals surface area (Å²) in [6, 6.07) is 11.0. The van der Waals surface area contributed by atoms with Crippen molar-refractivity contribution in [2.24, 2.45) is 0 Å². The van der Waals surface area contributed by atoms with Gasteiger partial charge < -0.3 is 20.7 Å². The van der Waals surface area contributed by atoms with E-state index in [-0.39, 0.29) is 16.9 Å². The number of carbonyl (C=O) groups excluding carboxylic acids is 1. The van der Waals surface area contributed by atoms with Gasteiger partial charge in [-0.05, 0) is 48.5 Å². The van der Waals surface area contributed by atoms with Crippen LogP contribution in [0, 0.1) is 5.82 Å². The average molecular weight is 414 g/mol. The van der Waals surface area contributed by atoms with Gasteiger partial charge in [0.25, 0.3) is 0 Å². The minimum atomic E-state index is -0.502. The predicted octanol–water partition coefficient (Wildman–Crippen LogP) is 4.89. The largest absolute Gasteiger partial charge is 0.495 e. The zero-order chi connectivity index (χ0) is 20.8. The van der Waals surface area contributed by atoms with Gasteiger partial charge in [0.2, 0.25) is 11.9 Å². The molecule has 0 spiro atoms. The molecule has 0 aliphatic rings. The first-order valence-electron chi connectivity index (χ1n) is 8.42. The van der Waals surface area contributed by atoms with Crippen LogP contribution in [0.15, 0.2) is 61.3 Å². The van der Waals surface area contributed by atoms with Crippen molar-refractivity contribution in [2.45, 2.75) is 0 Å². The van der Waals surface area contributed by atoms with Crippen LogP contribution in [0.1, 0.15) is 0 Å². The fraction of sp³-hybridized carbons (Fsp3) is 0.0500. The van der Waals surface area contributed by atoms with Crippen molar-refractivity contribution in [3.63, 3.8) is 0 Å². The molecule has 3 N–H and O–H groups in total. The van der Waals surface area contributed by atoms with Crippen molar-refractivity contribution < 1.29 is 13.9 Å².